The number of ether oxygens (including phenoxy) is 1. The number of aromatic nitrogens is 2. The third-order valence-electron chi connectivity index (χ3n) is 4.36. The summed E-state index contributed by atoms with van der Waals surface area (Å²) in [6, 6.07) is 9.61. The molecule has 0 aliphatic heterocycles. The summed E-state index contributed by atoms with van der Waals surface area (Å²) in [5, 5.41) is 3.54. The Kier molecular flexibility index (Phi) is 5.53. The van der Waals surface area contributed by atoms with Crippen molar-refractivity contribution in [2.45, 2.75) is 51.7 Å². The number of benzene rings is 1. The average Bonchev–Trinajstić information content (AvgIpc) is 2.56. The van der Waals surface area contributed by atoms with Gasteiger partial charge in [0.15, 0.2) is 0 Å². The number of aryl methyl sites for hydroxylation is 2. The summed E-state index contributed by atoms with van der Waals surface area (Å²) in [5.41, 5.74) is 2.33. The normalized spacial score (nSPS) is 20.1. The van der Waals surface area contributed by atoms with Gasteiger partial charge in [0.05, 0.1) is 10.6 Å². The molecule has 1 saturated carbocycles. The van der Waals surface area contributed by atoms with Crippen LogP contribution in [0.15, 0.2) is 30.3 Å². The van der Waals surface area contributed by atoms with Gasteiger partial charge in [0.25, 0.3) is 5.91 Å². The van der Waals surface area contributed by atoms with E-state index in [1.165, 1.54) is 0 Å². The van der Waals surface area contributed by atoms with E-state index in [0.29, 0.717) is 16.6 Å². The van der Waals surface area contributed by atoms with Crippen molar-refractivity contribution in [1.29, 1.82) is 0 Å². The van der Waals surface area contributed by atoms with Crippen LogP contribution in [0.5, 0.6) is 6.01 Å². The maximum atomic E-state index is 12.3. The van der Waals surface area contributed by atoms with Crippen molar-refractivity contribution in [2.75, 3.05) is 0 Å². The number of nitrogens with one attached hydrogen (secondary N) is 1. The monoisotopic (exact) mass is 359 g/mol. The first-order valence-corrected chi connectivity index (χ1v) is 8.93. The lowest BCUT2D eigenvalue weighted by molar-refractivity contribution is 0.0885. The highest BCUT2D eigenvalue weighted by molar-refractivity contribution is 6.33. The smallest absolute Gasteiger partial charge is 0.317 e. The van der Waals surface area contributed by atoms with Crippen LogP contribution in [0.1, 0.15) is 47.4 Å². The molecule has 1 aromatic carbocycles. The first kappa shape index (κ1) is 17.7. The Balaban J connectivity index is 1.52. The van der Waals surface area contributed by atoms with Crippen molar-refractivity contribution in [3.8, 4) is 6.01 Å². The van der Waals surface area contributed by atoms with Crippen LogP contribution in [-0.4, -0.2) is 28.0 Å². The zero-order valence-corrected chi connectivity index (χ0v) is 15.2. The summed E-state index contributed by atoms with van der Waals surface area (Å²) in [5.74, 6) is -0.118. The molecule has 1 amide bonds. The maximum absolute atomic E-state index is 12.3. The molecular weight excluding hydrogens is 338 g/mol. The van der Waals surface area contributed by atoms with Crippen LogP contribution in [0, 0.1) is 13.8 Å². The number of amides is 1. The second-order valence-corrected chi connectivity index (χ2v) is 6.89. The molecule has 0 spiro atoms. The second-order valence-electron chi connectivity index (χ2n) is 6.48. The van der Waals surface area contributed by atoms with Gasteiger partial charge in [-0.3, -0.25) is 4.79 Å². The fourth-order valence-corrected chi connectivity index (χ4v) is 3.35. The zero-order valence-electron chi connectivity index (χ0n) is 14.5. The predicted molar refractivity (Wildman–Crippen MR) is 97.1 cm³/mol. The Hall–Kier alpha value is -2.14. The van der Waals surface area contributed by atoms with Crippen LogP contribution in [0.4, 0.5) is 0 Å². The Morgan fingerprint density at radius 2 is 1.76 bits per heavy atom. The van der Waals surface area contributed by atoms with Gasteiger partial charge in [-0.15, -0.1) is 0 Å². The summed E-state index contributed by atoms with van der Waals surface area (Å²) >= 11 is 6.08. The van der Waals surface area contributed by atoms with Crippen LogP contribution < -0.4 is 10.1 Å². The molecule has 5 nitrogen and oxygen atoms in total. The highest BCUT2D eigenvalue weighted by atomic mass is 35.5. The molecule has 6 heteroatoms. The fourth-order valence-electron chi connectivity index (χ4n) is 3.13. The molecule has 0 atom stereocenters. The van der Waals surface area contributed by atoms with Gasteiger partial charge in [-0.2, -0.15) is 0 Å². The van der Waals surface area contributed by atoms with E-state index in [2.05, 4.69) is 15.3 Å². The van der Waals surface area contributed by atoms with E-state index in [1.807, 2.05) is 32.0 Å². The molecule has 2 aromatic rings. The minimum Gasteiger partial charge on any atom is -0.460 e. The number of carbonyl (C=O) groups excluding carboxylic acids is 1. The van der Waals surface area contributed by atoms with Gasteiger partial charge in [-0.05, 0) is 57.7 Å². The van der Waals surface area contributed by atoms with Crippen LogP contribution in [0.25, 0.3) is 0 Å². The van der Waals surface area contributed by atoms with E-state index in [0.717, 1.165) is 37.1 Å². The van der Waals surface area contributed by atoms with Crippen LogP contribution in [0.3, 0.4) is 0 Å². The van der Waals surface area contributed by atoms with E-state index in [9.17, 15) is 4.79 Å². The quantitative estimate of drug-likeness (QED) is 0.900. The lowest BCUT2D eigenvalue weighted by Gasteiger charge is -2.29. The van der Waals surface area contributed by atoms with Gasteiger partial charge in [-0.1, -0.05) is 23.7 Å². The van der Waals surface area contributed by atoms with Gasteiger partial charge in [0, 0.05) is 17.4 Å². The number of carbonyl (C=O) groups is 1. The third kappa shape index (κ3) is 4.69. The highest BCUT2D eigenvalue weighted by Gasteiger charge is 2.25. The van der Waals surface area contributed by atoms with Crippen molar-refractivity contribution < 1.29 is 9.53 Å². The number of halogens is 1. The van der Waals surface area contributed by atoms with E-state index in [4.69, 9.17) is 16.3 Å². The van der Waals surface area contributed by atoms with Crippen LogP contribution in [0.2, 0.25) is 5.02 Å². The van der Waals surface area contributed by atoms with Crippen molar-refractivity contribution in [1.82, 2.24) is 15.3 Å². The van der Waals surface area contributed by atoms with Crippen molar-refractivity contribution in [3.63, 3.8) is 0 Å². The van der Waals surface area contributed by atoms with E-state index in [-0.39, 0.29) is 18.1 Å². The van der Waals surface area contributed by atoms with E-state index in [1.54, 1.807) is 12.1 Å². The Labute approximate surface area is 152 Å². The molecule has 25 heavy (non-hydrogen) atoms. The van der Waals surface area contributed by atoms with E-state index >= 15 is 0 Å². The number of nitrogens with zero attached hydrogens (tertiary/aromatic N) is 2. The van der Waals surface area contributed by atoms with Gasteiger partial charge in [0.1, 0.15) is 6.10 Å². The second kappa shape index (κ2) is 7.83. The minimum atomic E-state index is -0.118. The molecule has 1 fully saturated rings. The molecule has 1 N–H and O–H groups in total. The molecule has 1 aliphatic rings. The molecule has 1 aliphatic carbocycles. The molecule has 0 unspecified atom stereocenters. The summed E-state index contributed by atoms with van der Waals surface area (Å²) in [6.45, 7) is 3.87. The van der Waals surface area contributed by atoms with Crippen LogP contribution in [-0.2, 0) is 0 Å². The van der Waals surface area contributed by atoms with Crippen molar-refractivity contribution in [3.05, 3.63) is 52.3 Å². The topological polar surface area (TPSA) is 64.1 Å². The van der Waals surface area contributed by atoms with Gasteiger partial charge in [-0.25, -0.2) is 9.97 Å². The van der Waals surface area contributed by atoms with Crippen LogP contribution >= 0.6 is 11.6 Å². The molecule has 1 heterocycles. The summed E-state index contributed by atoms with van der Waals surface area (Å²) in [6.07, 6.45) is 3.56. The summed E-state index contributed by atoms with van der Waals surface area (Å²) < 4.78 is 5.92. The van der Waals surface area contributed by atoms with Crippen molar-refractivity contribution in [2.24, 2.45) is 0 Å². The average molecular weight is 360 g/mol. The number of hydrogen-bond donors (Lipinski definition) is 1. The van der Waals surface area contributed by atoms with E-state index < -0.39 is 0 Å². The van der Waals surface area contributed by atoms with Gasteiger partial charge >= 0.3 is 6.01 Å². The molecule has 0 radical (unpaired) electrons. The highest BCUT2D eigenvalue weighted by Crippen LogP contribution is 2.23. The molecule has 3 rings (SSSR count). The first-order valence-electron chi connectivity index (χ1n) is 8.55. The molecule has 132 valence electrons. The largest absolute Gasteiger partial charge is 0.460 e. The molecule has 1 aromatic heterocycles. The number of hydrogen-bond acceptors (Lipinski definition) is 4. The zero-order chi connectivity index (χ0) is 17.8. The maximum Gasteiger partial charge on any atom is 0.317 e. The Bertz CT molecular complexity index is 738. The van der Waals surface area contributed by atoms with Crippen molar-refractivity contribution >= 4 is 17.5 Å². The summed E-state index contributed by atoms with van der Waals surface area (Å²) in [7, 11) is 0. The minimum absolute atomic E-state index is 0.0923. The van der Waals surface area contributed by atoms with Gasteiger partial charge < -0.3 is 10.1 Å². The lowest BCUT2D eigenvalue weighted by atomic mass is 9.92. The van der Waals surface area contributed by atoms with Gasteiger partial charge in [0.2, 0.25) is 0 Å². The Morgan fingerprint density at radius 3 is 2.40 bits per heavy atom. The SMILES string of the molecule is Cc1cc(C)nc(OC2CCC(NC(=O)c3ccccc3Cl)CC2)n1. The standard InChI is InChI=1S/C19H22ClN3O2/c1-12-11-13(2)22-19(21-12)25-15-9-7-14(8-10-15)23-18(24)16-5-3-4-6-17(16)20/h3-6,11,14-15H,7-10H2,1-2H3,(H,23,24). The molecule has 0 saturated heterocycles. The summed E-state index contributed by atoms with van der Waals surface area (Å²) in [4.78, 5) is 21.0. The first-order chi connectivity index (χ1) is 12.0. The Morgan fingerprint density at radius 1 is 1.12 bits per heavy atom. The number of rotatable bonds is 4. The predicted octanol–water partition coefficient (Wildman–Crippen LogP) is 3.87. The molecule has 0 bridgehead atoms. The lowest BCUT2D eigenvalue weighted by Crippen LogP contribution is -2.39. The molecular formula is C19H22ClN3O2. The third-order valence-corrected chi connectivity index (χ3v) is 4.69. The fraction of sp³-hybridized carbons (Fsp3) is 0.421.